The molecule has 0 saturated carbocycles. The Morgan fingerprint density at radius 2 is 2.07 bits per heavy atom. The highest BCUT2D eigenvalue weighted by atomic mass is 15.2. The third kappa shape index (κ3) is 3.75. The molecule has 1 aromatic heterocycles. The van der Waals surface area contributed by atoms with Gasteiger partial charge in [-0.3, -0.25) is 0 Å². The molecule has 0 spiro atoms. The summed E-state index contributed by atoms with van der Waals surface area (Å²) in [4.78, 5) is 8.59. The summed E-state index contributed by atoms with van der Waals surface area (Å²) in [5.74, 6) is 1.02. The molecule has 0 atom stereocenters. The maximum Gasteiger partial charge on any atom is 0.128 e. The van der Waals surface area contributed by atoms with Crippen LogP contribution in [0.3, 0.4) is 0 Å². The van der Waals surface area contributed by atoms with Crippen molar-refractivity contribution in [2.45, 2.75) is 6.42 Å². The van der Waals surface area contributed by atoms with E-state index in [9.17, 15) is 0 Å². The van der Waals surface area contributed by atoms with Crippen LogP contribution in [0.25, 0.3) is 0 Å². The molecule has 3 nitrogen and oxygen atoms in total. The molecule has 0 aliphatic heterocycles. The van der Waals surface area contributed by atoms with Crippen LogP contribution in [0.15, 0.2) is 18.3 Å². The van der Waals surface area contributed by atoms with E-state index in [1.807, 2.05) is 12.1 Å². The smallest absolute Gasteiger partial charge is 0.128 e. The minimum Gasteiger partial charge on any atom is -0.360 e. The van der Waals surface area contributed by atoms with Crippen molar-refractivity contribution in [2.75, 3.05) is 39.1 Å². The number of rotatable bonds is 5. The first-order valence-corrected chi connectivity index (χ1v) is 4.88. The fraction of sp³-hybridized carbons (Fsp3) is 0.545. The van der Waals surface area contributed by atoms with Crippen LogP contribution in [0.2, 0.25) is 0 Å². The topological polar surface area (TPSA) is 19.4 Å². The molecule has 0 fully saturated rings. The largest absolute Gasteiger partial charge is 0.360 e. The molecule has 0 saturated heterocycles. The molecule has 1 radical (unpaired) electrons. The van der Waals surface area contributed by atoms with Gasteiger partial charge in [0.25, 0.3) is 0 Å². The highest BCUT2D eigenvalue weighted by Gasteiger charge is 2.00. The fourth-order valence-corrected chi connectivity index (χ4v) is 1.28. The van der Waals surface area contributed by atoms with E-state index in [4.69, 9.17) is 0 Å². The number of anilines is 1. The first kappa shape index (κ1) is 11.0. The lowest BCUT2D eigenvalue weighted by atomic mass is 10.3. The molecule has 3 heteroatoms. The summed E-state index contributed by atoms with van der Waals surface area (Å²) in [6, 6.07) is 6.79. The maximum absolute atomic E-state index is 4.23. The number of pyridine rings is 1. The van der Waals surface area contributed by atoms with E-state index >= 15 is 0 Å². The van der Waals surface area contributed by atoms with Crippen LogP contribution < -0.4 is 4.90 Å². The van der Waals surface area contributed by atoms with E-state index in [1.165, 1.54) is 0 Å². The van der Waals surface area contributed by atoms with Crippen LogP contribution in [0.5, 0.6) is 0 Å². The molecule has 0 aromatic carbocycles. The Bertz CT molecular complexity index is 246. The van der Waals surface area contributed by atoms with Crippen molar-refractivity contribution in [1.29, 1.82) is 0 Å². The Kier molecular flexibility index (Phi) is 4.40. The SMILES string of the molecule is CN(C)CCCN(C)c1cc[c]cn1. The first-order valence-electron chi connectivity index (χ1n) is 4.88. The Labute approximate surface area is 86.4 Å². The number of nitrogens with zero attached hydrogens (tertiary/aromatic N) is 3. The van der Waals surface area contributed by atoms with Gasteiger partial charge in [-0.05, 0) is 39.2 Å². The van der Waals surface area contributed by atoms with Crippen LogP contribution >= 0.6 is 0 Å². The zero-order valence-electron chi connectivity index (χ0n) is 9.20. The molecule has 0 unspecified atom stereocenters. The molecule has 0 bridgehead atoms. The minimum absolute atomic E-state index is 1.02. The van der Waals surface area contributed by atoms with E-state index in [1.54, 1.807) is 6.20 Å². The van der Waals surface area contributed by atoms with Crippen LogP contribution in [-0.4, -0.2) is 44.1 Å². The predicted octanol–water partition coefficient (Wildman–Crippen LogP) is 1.27. The van der Waals surface area contributed by atoms with E-state index in [0.717, 1.165) is 25.3 Å². The minimum atomic E-state index is 1.02. The van der Waals surface area contributed by atoms with Gasteiger partial charge in [-0.2, -0.15) is 0 Å². The van der Waals surface area contributed by atoms with Crippen molar-refractivity contribution in [2.24, 2.45) is 0 Å². The molecule has 14 heavy (non-hydrogen) atoms. The lowest BCUT2D eigenvalue weighted by Gasteiger charge is -2.18. The van der Waals surface area contributed by atoms with Crippen LogP contribution in [0.1, 0.15) is 6.42 Å². The fourth-order valence-electron chi connectivity index (χ4n) is 1.28. The molecule has 77 valence electrons. The molecular formula is C11H18N3. The number of aromatic nitrogens is 1. The molecular weight excluding hydrogens is 174 g/mol. The molecule has 1 heterocycles. The second kappa shape index (κ2) is 5.60. The van der Waals surface area contributed by atoms with Gasteiger partial charge in [0.2, 0.25) is 0 Å². The van der Waals surface area contributed by atoms with Crippen molar-refractivity contribution in [3.63, 3.8) is 0 Å². The van der Waals surface area contributed by atoms with E-state index in [2.05, 4.69) is 42.0 Å². The monoisotopic (exact) mass is 192 g/mol. The normalized spacial score (nSPS) is 10.6. The standard InChI is InChI=1S/C11H18N3/c1-13(2)9-6-10-14(3)11-7-4-5-8-12-11/h4,7-8H,6,9-10H2,1-3H3. The van der Waals surface area contributed by atoms with Gasteiger partial charge in [0.15, 0.2) is 0 Å². The molecule has 0 N–H and O–H groups in total. The van der Waals surface area contributed by atoms with Crippen molar-refractivity contribution >= 4 is 5.82 Å². The second-order valence-electron chi connectivity index (χ2n) is 3.69. The average molecular weight is 192 g/mol. The summed E-state index contributed by atoms with van der Waals surface area (Å²) in [5, 5.41) is 0. The van der Waals surface area contributed by atoms with E-state index in [-0.39, 0.29) is 0 Å². The van der Waals surface area contributed by atoms with Crippen molar-refractivity contribution in [3.8, 4) is 0 Å². The van der Waals surface area contributed by atoms with Crippen LogP contribution in [-0.2, 0) is 0 Å². The second-order valence-corrected chi connectivity index (χ2v) is 3.69. The maximum atomic E-state index is 4.23. The summed E-state index contributed by atoms with van der Waals surface area (Å²) in [6.07, 6.45) is 2.86. The Hall–Kier alpha value is -1.09. The van der Waals surface area contributed by atoms with Gasteiger partial charge >= 0.3 is 0 Å². The molecule has 1 rings (SSSR count). The quantitative estimate of drug-likeness (QED) is 0.700. The van der Waals surface area contributed by atoms with Crippen molar-refractivity contribution in [3.05, 3.63) is 24.4 Å². The van der Waals surface area contributed by atoms with Gasteiger partial charge in [0.05, 0.1) is 0 Å². The lowest BCUT2D eigenvalue weighted by Crippen LogP contribution is -2.23. The lowest BCUT2D eigenvalue weighted by molar-refractivity contribution is 0.401. The number of hydrogen-bond donors (Lipinski definition) is 0. The molecule has 0 amide bonds. The molecule has 1 aromatic rings. The molecule has 0 aliphatic carbocycles. The van der Waals surface area contributed by atoms with Crippen LogP contribution in [0, 0.1) is 6.07 Å². The zero-order valence-corrected chi connectivity index (χ0v) is 9.20. The highest BCUT2D eigenvalue weighted by Crippen LogP contribution is 2.06. The van der Waals surface area contributed by atoms with Gasteiger partial charge in [0, 0.05) is 25.9 Å². The van der Waals surface area contributed by atoms with Crippen molar-refractivity contribution in [1.82, 2.24) is 9.88 Å². The van der Waals surface area contributed by atoms with Crippen molar-refractivity contribution < 1.29 is 0 Å². The number of hydrogen-bond acceptors (Lipinski definition) is 3. The first-order chi connectivity index (χ1) is 6.70. The summed E-state index contributed by atoms with van der Waals surface area (Å²) in [7, 11) is 6.25. The predicted molar refractivity (Wildman–Crippen MR) is 59.5 cm³/mol. The van der Waals surface area contributed by atoms with E-state index < -0.39 is 0 Å². The summed E-state index contributed by atoms with van der Waals surface area (Å²) in [5.41, 5.74) is 0. The van der Waals surface area contributed by atoms with Gasteiger partial charge in [0.1, 0.15) is 5.82 Å². The van der Waals surface area contributed by atoms with Gasteiger partial charge in [-0.25, -0.2) is 4.98 Å². The zero-order chi connectivity index (χ0) is 10.4. The highest BCUT2D eigenvalue weighted by molar-refractivity contribution is 5.35. The third-order valence-electron chi connectivity index (χ3n) is 2.09. The van der Waals surface area contributed by atoms with Gasteiger partial charge in [-0.15, -0.1) is 0 Å². The van der Waals surface area contributed by atoms with Gasteiger partial charge < -0.3 is 9.80 Å². The van der Waals surface area contributed by atoms with Gasteiger partial charge in [-0.1, -0.05) is 0 Å². The Morgan fingerprint density at radius 1 is 1.29 bits per heavy atom. The average Bonchev–Trinajstić information content (AvgIpc) is 2.18. The Balaban J connectivity index is 2.32. The summed E-state index contributed by atoms with van der Waals surface area (Å²) < 4.78 is 0. The Morgan fingerprint density at radius 3 is 2.64 bits per heavy atom. The van der Waals surface area contributed by atoms with Crippen LogP contribution in [0.4, 0.5) is 5.82 Å². The summed E-state index contributed by atoms with van der Waals surface area (Å²) in [6.45, 7) is 2.15. The third-order valence-corrected chi connectivity index (χ3v) is 2.09. The molecule has 0 aliphatic rings. The summed E-state index contributed by atoms with van der Waals surface area (Å²) >= 11 is 0. The van der Waals surface area contributed by atoms with E-state index in [0.29, 0.717) is 0 Å².